The number of hydrogen-bond acceptors (Lipinski definition) is 2. The zero-order chi connectivity index (χ0) is 10.8. The van der Waals surface area contributed by atoms with Crippen LogP contribution in [-0.4, -0.2) is 5.97 Å². The number of ether oxygens (including phenoxy) is 1. The molecule has 2 rings (SSSR count). The van der Waals surface area contributed by atoms with Gasteiger partial charge in [0.25, 0.3) is 0 Å². The Kier molecular flexibility index (Phi) is 2.42. The van der Waals surface area contributed by atoms with E-state index in [9.17, 15) is 4.79 Å². The van der Waals surface area contributed by atoms with E-state index in [0.717, 1.165) is 16.3 Å². The van der Waals surface area contributed by atoms with E-state index >= 15 is 0 Å². The van der Waals surface area contributed by atoms with Crippen LogP contribution in [0.15, 0.2) is 36.4 Å². The molecule has 0 aliphatic carbocycles. The standard InChI is InChI=1S/C13H12O2/c1-9-5-3-6-11-7-4-8-12(13(9)11)15-10(2)14/h3-8H,1-2H3. The molecule has 0 aromatic heterocycles. The fourth-order valence-corrected chi connectivity index (χ4v) is 1.73. The van der Waals surface area contributed by atoms with E-state index in [1.54, 1.807) is 0 Å². The monoisotopic (exact) mass is 200 g/mol. The first kappa shape index (κ1) is 9.71. The molecule has 76 valence electrons. The van der Waals surface area contributed by atoms with Crippen molar-refractivity contribution in [1.29, 1.82) is 0 Å². The summed E-state index contributed by atoms with van der Waals surface area (Å²) in [4.78, 5) is 10.9. The van der Waals surface area contributed by atoms with Gasteiger partial charge in [-0.05, 0) is 23.9 Å². The highest BCUT2D eigenvalue weighted by molar-refractivity contribution is 5.92. The zero-order valence-corrected chi connectivity index (χ0v) is 8.78. The summed E-state index contributed by atoms with van der Waals surface area (Å²) in [6.45, 7) is 3.42. The Hall–Kier alpha value is -1.83. The third-order valence-corrected chi connectivity index (χ3v) is 2.33. The summed E-state index contributed by atoms with van der Waals surface area (Å²) in [5, 5.41) is 2.10. The van der Waals surface area contributed by atoms with Crippen molar-refractivity contribution in [3.05, 3.63) is 42.0 Å². The van der Waals surface area contributed by atoms with E-state index in [-0.39, 0.29) is 5.97 Å². The van der Waals surface area contributed by atoms with Crippen LogP contribution in [0.25, 0.3) is 10.8 Å². The fourth-order valence-electron chi connectivity index (χ4n) is 1.73. The normalized spacial score (nSPS) is 10.3. The quantitative estimate of drug-likeness (QED) is 0.522. The van der Waals surface area contributed by atoms with Crippen molar-refractivity contribution in [3.8, 4) is 5.75 Å². The Morgan fingerprint density at radius 2 is 1.80 bits per heavy atom. The van der Waals surface area contributed by atoms with Gasteiger partial charge in [-0.25, -0.2) is 0 Å². The van der Waals surface area contributed by atoms with Gasteiger partial charge in [-0.3, -0.25) is 4.79 Å². The van der Waals surface area contributed by atoms with Crippen LogP contribution in [0.5, 0.6) is 5.75 Å². The minimum absolute atomic E-state index is 0.286. The molecule has 2 heteroatoms. The van der Waals surface area contributed by atoms with Gasteiger partial charge < -0.3 is 4.74 Å². The summed E-state index contributed by atoms with van der Waals surface area (Å²) in [5.74, 6) is 0.351. The SMILES string of the molecule is CC(=O)Oc1cccc2cccc(C)c12. The molecule has 2 nitrogen and oxygen atoms in total. The highest BCUT2D eigenvalue weighted by Crippen LogP contribution is 2.28. The Bertz CT molecular complexity index is 510. The third-order valence-electron chi connectivity index (χ3n) is 2.33. The van der Waals surface area contributed by atoms with Crippen LogP contribution in [0.1, 0.15) is 12.5 Å². The maximum absolute atomic E-state index is 10.9. The number of aryl methyl sites for hydroxylation is 1. The minimum Gasteiger partial charge on any atom is -0.426 e. The molecule has 0 saturated heterocycles. The molecular weight excluding hydrogens is 188 g/mol. The summed E-state index contributed by atoms with van der Waals surface area (Å²) in [7, 11) is 0. The third kappa shape index (κ3) is 1.84. The second-order valence-electron chi connectivity index (χ2n) is 3.52. The number of rotatable bonds is 1. The second kappa shape index (κ2) is 3.73. The summed E-state index contributed by atoms with van der Waals surface area (Å²) >= 11 is 0. The summed E-state index contributed by atoms with van der Waals surface area (Å²) in [6, 6.07) is 11.7. The van der Waals surface area contributed by atoms with E-state index < -0.39 is 0 Å². The first-order chi connectivity index (χ1) is 7.18. The van der Waals surface area contributed by atoms with Crippen molar-refractivity contribution in [2.45, 2.75) is 13.8 Å². The van der Waals surface area contributed by atoms with Crippen LogP contribution in [0.3, 0.4) is 0 Å². The van der Waals surface area contributed by atoms with E-state index in [1.165, 1.54) is 6.92 Å². The van der Waals surface area contributed by atoms with Gasteiger partial charge in [0, 0.05) is 12.3 Å². The van der Waals surface area contributed by atoms with Crippen molar-refractivity contribution >= 4 is 16.7 Å². The van der Waals surface area contributed by atoms with Gasteiger partial charge in [-0.1, -0.05) is 30.3 Å². The number of esters is 1. The van der Waals surface area contributed by atoms with Crippen LogP contribution in [0.2, 0.25) is 0 Å². The lowest BCUT2D eigenvalue weighted by molar-refractivity contribution is -0.131. The Balaban J connectivity index is 2.68. The first-order valence-corrected chi connectivity index (χ1v) is 4.85. The van der Waals surface area contributed by atoms with Crippen molar-refractivity contribution in [2.75, 3.05) is 0 Å². The van der Waals surface area contributed by atoms with Gasteiger partial charge in [-0.15, -0.1) is 0 Å². The summed E-state index contributed by atoms with van der Waals surface area (Å²) in [5.41, 5.74) is 1.12. The molecule has 0 saturated carbocycles. The van der Waals surface area contributed by atoms with Crippen molar-refractivity contribution in [3.63, 3.8) is 0 Å². The fraction of sp³-hybridized carbons (Fsp3) is 0.154. The molecule has 0 aliphatic heterocycles. The lowest BCUT2D eigenvalue weighted by Crippen LogP contribution is -2.02. The Morgan fingerprint density at radius 3 is 2.47 bits per heavy atom. The summed E-state index contributed by atoms with van der Waals surface area (Å²) < 4.78 is 5.17. The zero-order valence-electron chi connectivity index (χ0n) is 8.78. The van der Waals surface area contributed by atoms with Gasteiger partial charge in [-0.2, -0.15) is 0 Å². The van der Waals surface area contributed by atoms with Crippen LogP contribution in [-0.2, 0) is 4.79 Å². The molecule has 0 fully saturated rings. The highest BCUT2D eigenvalue weighted by atomic mass is 16.5. The average molecular weight is 200 g/mol. The number of carbonyl (C=O) groups is 1. The Morgan fingerprint density at radius 1 is 1.13 bits per heavy atom. The molecule has 0 N–H and O–H groups in total. The molecule has 0 unspecified atom stereocenters. The van der Waals surface area contributed by atoms with Crippen LogP contribution in [0, 0.1) is 6.92 Å². The predicted molar refractivity (Wildman–Crippen MR) is 60.0 cm³/mol. The molecule has 0 atom stereocenters. The molecule has 0 spiro atoms. The molecule has 0 amide bonds. The topological polar surface area (TPSA) is 26.3 Å². The predicted octanol–water partition coefficient (Wildman–Crippen LogP) is 3.07. The van der Waals surface area contributed by atoms with E-state index in [4.69, 9.17) is 4.74 Å². The van der Waals surface area contributed by atoms with Gasteiger partial charge in [0.1, 0.15) is 5.75 Å². The number of hydrogen-bond donors (Lipinski definition) is 0. The molecule has 2 aromatic rings. The van der Waals surface area contributed by atoms with E-state index in [0.29, 0.717) is 5.75 Å². The lowest BCUT2D eigenvalue weighted by Gasteiger charge is -2.07. The minimum atomic E-state index is -0.286. The maximum Gasteiger partial charge on any atom is 0.308 e. The van der Waals surface area contributed by atoms with Gasteiger partial charge in [0.15, 0.2) is 0 Å². The largest absolute Gasteiger partial charge is 0.426 e. The molecule has 0 bridgehead atoms. The molecule has 0 heterocycles. The van der Waals surface area contributed by atoms with Gasteiger partial charge in [0.2, 0.25) is 0 Å². The van der Waals surface area contributed by atoms with Gasteiger partial charge >= 0.3 is 5.97 Å². The number of fused-ring (bicyclic) bond motifs is 1. The van der Waals surface area contributed by atoms with Crippen molar-refractivity contribution in [2.24, 2.45) is 0 Å². The lowest BCUT2D eigenvalue weighted by atomic mass is 10.0. The smallest absolute Gasteiger partial charge is 0.308 e. The first-order valence-electron chi connectivity index (χ1n) is 4.85. The average Bonchev–Trinajstić information content (AvgIpc) is 2.17. The molecular formula is C13H12O2. The molecule has 15 heavy (non-hydrogen) atoms. The second-order valence-corrected chi connectivity index (χ2v) is 3.52. The van der Waals surface area contributed by atoms with Crippen molar-refractivity contribution in [1.82, 2.24) is 0 Å². The number of benzene rings is 2. The van der Waals surface area contributed by atoms with E-state index in [2.05, 4.69) is 0 Å². The maximum atomic E-state index is 10.9. The van der Waals surface area contributed by atoms with Crippen molar-refractivity contribution < 1.29 is 9.53 Å². The number of carbonyl (C=O) groups excluding carboxylic acids is 1. The molecule has 0 aliphatic rings. The van der Waals surface area contributed by atoms with Gasteiger partial charge in [0.05, 0.1) is 0 Å². The van der Waals surface area contributed by atoms with Crippen LogP contribution in [0.4, 0.5) is 0 Å². The Labute approximate surface area is 88.5 Å². The van der Waals surface area contributed by atoms with E-state index in [1.807, 2.05) is 43.3 Å². The molecule has 0 radical (unpaired) electrons. The molecule has 2 aromatic carbocycles. The van der Waals surface area contributed by atoms with Crippen LogP contribution < -0.4 is 4.74 Å². The van der Waals surface area contributed by atoms with Crippen LogP contribution >= 0.6 is 0 Å². The highest BCUT2D eigenvalue weighted by Gasteiger charge is 2.05. The summed E-state index contributed by atoms with van der Waals surface area (Å²) in [6.07, 6.45) is 0.